The Labute approximate surface area is 198 Å². The molecule has 180 valence electrons. The minimum absolute atomic E-state index is 0.0895. The van der Waals surface area contributed by atoms with Gasteiger partial charge in [0.1, 0.15) is 0 Å². The quantitative estimate of drug-likeness (QED) is 0.311. The first-order valence-corrected chi connectivity index (χ1v) is 13.9. The maximum Gasteiger partial charge on any atom is 0.0577 e. The smallest absolute Gasteiger partial charge is 0.0577 e. The summed E-state index contributed by atoms with van der Waals surface area (Å²) < 4.78 is 0. The molecule has 32 heavy (non-hydrogen) atoms. The fourth-order valence-electron chi connectivity index (χ4n) is 9.12. The number of fused-ring (bicyclic) bond motifs is 5. The predicted molar refractivity (Wildman–Crippen MR) is 137 cm³/mol. The van der Waals surface area contributed by atoms with Gasteiger partial charge in [-0.05, 0) is 124 Å². The Hall–Kier alpha value is -0.820. The van der Waals surface area contributed by atoms with E-state index in [2.05, 4.69) is 53.3 Å². The molecule has 8 atom stereocenters. The van der Waals surface area contributed by atoms with E-state index in [1.165, 1.54) is 63.4 Å². The fraction of sp³-hybridized carbons (Fsp3) is 0.806. The minimum Gasteiger partial charge on any atom is -0.393 e. The minimum atomic E-state index is -0.0895. The van der Waals surface area contributed by atoms with Crippen LogP contribution in [0.15, 0.2) is 35.5 Å². The molecule has 1 heteroatoms. The van der Waals surface area contributed by atoms with Crippen LogP contribution in [-0.4, -0.2) is 11.2 Å². The van der Waals surface area contributed by atoms with E-state index in [4.69, 9.17) is 0 Å². The van der Waals surface area contributed by atoms with Crippen molar-refractivity contribution in [2.45, 2.75) is 118 Å². The maximum absolute atomic E-state index is 10.3. The summed E-state index contributed by atoms with van der Waals surface area (Å²) in [6.07, 6.45) is 19.9. The van der Waals surface area contributed by atoms with Crippen LogP contribution in [0.5, 0.6) is 0 Å². The summed E-state index contributed by atoms with van der Waals surface area (Å²) in [6.45, 7) is 16.3. The summed E-state index contributed by atoms with van der Waals surface area (Å²) in [7, 11) is 0. The summed E-state index contributed by atoms with van der Waals surface area (Å²) in [5.41, 5.74) is 5.58. The number of aliphatic hydroxyl groups excluding tert-OH is 1. The molecule has 0 aromatic heterocycles. The molecule has 0 spiro atoms. The van der Waals surface area contributed by atoms with Gasteiger partial charge in [0.15, 0.2) is 0 Å². The van der Waals surface area contributed by atoms with E-state index in [0.29, 0.717) is 10.8 Å². The van der Waals surface area contributed by atoms with Gasteiger partial charge in [0.25, 0.3) is 0 Å². The van der Waals surface area contributed by atoms with Crippen LogP contribution in [0, 0.1) is 40.4 Å². The SMILES string of the molecule is C=C/C(CC)=C(/C)CC(CC)CC1CCC2C3CC=C4CC(O)CCC4(C)C3CCC12C. The average molecular weight is 439 g/mol. The molecule has 0 aromatic carbocycles. The van der Waals surface area contributed by atoms with Crippen LogP contribution in [0.3, 0.4) is 0 Å². The third-order valence-electron chi connectivity index (χ3n) is 11.2. The topological polar surface area (TPSA) is 20.2 Å². The van der Waals surface area contributed by atoms with E-state index in [1.54, 1.807) is 11.1 Å². The molecule has 4 rings (SSSR count). The van der Waals surface area contributed by atoms with Crippen LogP contribution >= 0.6 is 0 Å². The monoisotopic (exact) mass is 438 g/mol. The highest BCUT2D eigenvalue weighted by Crippen LogP contribution is 2.67. The lowest BCUT2D eigenvalue weighted by Gasteiger charge is -2.58. The molecular formula is C31H50O. The molecule has 3 fully saturated rings. The molecule has 4 aliphatic carbocycles. The first-order chi connectivity index (χ1) is 15.3. The Morgan fingerprint density at radius 2 is 1.94 bits per heavy atom. The van der Waals surface area contributed by atoms with Gasteiger partial charge in [0, 0.05) is 0 Å². The van der Waals surface area contributed by atoms with Crippen molar-refractivity contribution in [3.05, 3.63) is 35.5 Å². The number of allylic oxidation sites excluding steroid dienone is 4. The second-order valence-electron chi connectivity index (χ2n) is 12.6. The highest BCUT2D eigenvalue weighted by molar-refractivity contribution is 5.26. The van der Waals surface area contributed by atoms with Crippen molar-refractivity contribution in [3.63, 3.8) is 0 Å². The summed E-state index contributed by atoms with van der Waals surface area (Å²) in [5.74, 6) is 4.40. The lowest BCUT2D eigenvalue weighted by molar-refractivity contribution is -0.0525. The van der Waals surface area contributed by atoms with Crippen molar-refractivity contribution in [1.29, 1.82) is 0 Å². The molecule has 1 nitrogen and oxygen atoms in total. The molecule has 0 aliphatic heterocycles. The van der Waals surface area contributed by atoms with E-state index in [0.717, 1.165) is 48.9 Å². The third-order valence-corrected chi connectivity index (χ3v) is 11.2. The number of hydrogen-bond acceptors (Lipinski definition) is 1. The van der Waals surface area contributed by atoms with Gasteiger partial charge in [-0.2, -0.15) is 0 Å². The van der Waals surface area contributed by atoms with Gasteiger partial charge in [0.05, 0.1) is 6.10 Å². The highest BCUT2D eigenvalue weighted by atomic mass is 16.3. The van der Waals surface area contributed by atoms with Crippen molar-refractivity contribution in [2.24, 2.45) is 40.4 Å². The lowest BCUT2D eigenvalue weighted by atomic mass is 9.47. The van der Waals surface area contributed by atoms with Crippen LogP contribution in [0.2, 0.25) is 0 Å². The lowest BCUT2D eigenvalue weighted by Crippen LogP contribution is -2.50. The number of hydrogen-bond donors (Lipinski definition) is 1. The maximum atomic E-state index is 10.3. The Balaban J connectivity index is 1.49. The fourth-order valence-corrected chi connectivity index (χ4v) is 9.12. The van der Waals surface area contributed by atoms with Gasteiger partial charge in [-0.25, -0.2) is 0 Å². The molecule has 3 saturated carbocycles. The van der Waals surface area contributed by atoms with E-state index in [1.807, 2.05) is 0 Å². The van der Waals surface area contributed by atoms with Crippen LogP contribution in [-0.2, 0) is 0 Å². The van der Waals surface area contributed by atoms with Crippen LogP contribution in [0.25, 0.3) is 0 Å². The van der Waals surface area contributed by atoms with Gasteiger partial charge >= 0.3 is 0 Å². The van der Waals surface area contributed by atoms with Crippen molar-refractivity contribution in [3.8, 4) is 0 Å². The summed E-state index contributed by atoms with van der Waals surface area (Å²) in [5, 5.41) is 10.3. The Bertz CT molecular complexity index is 758. The molecule has 0 saturated heterocycles. The molecule has 0 radical (unpaired) electrons. The number of aliphatic hydroxyl groups is 1. The van der Waals surface area contributed by atoms with Crippen LogP contribution in [0.4, 0.5) is 0 Å². The van der Waals surface area contributed by atoms with E-state index >= 15 is 0 Å². The predicted octanol–water partition coefficient (Wildman–Crippen LogP) is 8.65. The molecule has 0 bridgehead atoms. The van der Waals surface area contributed by atoms with E-state index in [9.17, 15) is 5.11 Å². The highest BCUT2D eigenvalue weighted by Gasteiger charge is 2.58. The zero-order valence-corrected chi connectivity index (χ0v) is 21.8. The summed E-state index contributed by atoms with van der Waals surface area (Å²) in [4.78, 5) is 0. The molecule has 0 amide bonds. The van der Waals surface area contributed by atoms with E-state index in [-0.39, 0.29) is 6.10 Å². The second kappa shape index (κ2) is 9.44. The van der Waals surface area contributed by atoms with Gasteiger partial charge in [0.2, 0.25) is 0 Å². The molecule has 1 N–H and O–H groups in total. The molecular weight excluding hydrogens is 388 g/mol. The Morgan fingerprint density at radius 1 is 1.16 bits per heavy atom. The second-order valence-corrected chi connectivity index (χ2v) is 12.6. The van der Waals surface area contributed by atoms with Crippen LogP contribution in [0.1, 0.15) is 112 Å². The van der Waals surface area contributed by atoms with Crippen molar-refractivity contribution in [1.82, 2.24) is 0 Å². The van der Waals surface area contributed by atoms with Gasteiger partial charge in [-0.3, -0.25) is 0 Å². The molecule has 0 aromatic rings. The van der Waals surface area contributed by atoms with Crippen molar-refractivity contribution >= 4 is 0 Å². The third kappa shape index (κ3) is 4.10. The van der Waals surface area contributed by atoms with Gasteiger partial charge in [-0.1, -0.05) is 64.0 Å². The zero-order chi connectivity index (χ0) is 23.1. The first-order valence-electron chi connectivity index (χ1n) is 13.9. The Morgan fingerprint density at radius 3 is 2.62 bits per heavy atom. The molecule has 4 aliphatic rings. The summed E-state index contributed by atoms with van der Waals surface area (Å²) in [6, 6.07) is 0. The number of rotatable bonds is 7. The normalized spacial score (nSPS) is 42.8. The zero-order valence-electron chi connectivity index (χ0n) is 21.8. The van der Waals surface area contributed by atoms with Gasteiger partial charge < -0.3 is 5.11 Å². The Kier molecular flexibility index (Phi) is 7.17. The van der Waals surface area contributed by atoms with Gasteiger partial charge in [-0.15, -0.1) is 0 Å². The summed E-state index contributed by atoms with van der Waals surface area (Å²) >= 11 is 0. The van der Waals surface area contributed by atoms with Crippen molar-refractivity contribution in [2.75, 3.05) is 0 Å². The molecule has 0 heterocycles. The standard InChI is InChI=1S/C31H50O/c1-7-22(18-21(4)23(8-2)9-3)19-24-11-13-28-27-12-10-25-20-26(32)14-16-30(25,5)29(27)15-17-31(24,28)6/h8,10,22,24,26-29,32H,2,7,9,11-20H2,1,3-6H3/b23-21+. The average Bonchev–Trinajstić information content (AvgIpc) is 3.10. The first kappa shape index (κ1) is 24.3. The van der Waals surface area contributed by atoms with Crippen molar-refractivity contribution < 1.29 is 5.11 Å². The van der Waals surface area contributed by atoms with Crippen LogP contribution < -0.4 is 0 Å². The molecule has 8 unspecified atom stereocenters. The largest absolute Gasteiger partial charge is 0.393 e. The van der Waals surface area contributed by atoms with E-state index < -0.39 is 0 Å².